The highest BCUT2D eigenvalue weighted by Crippen LogP contribution is 2.12. The molecular formula is C9H15N3S. The maximum atomic E-state index is 5.47. The molecule has 0 amide bonds. The largest absolute Gasteiger partial charge is 0.396 e. The molecule has 1 aromatic rings. The van der Waals surface area contributed by atoms with E-state index in [0.717, 1.165) is 23.2 Å². The summed E-state index contributed by atoms with van der Waals surface area (Å²) in [5, 5.41) is 0. The van der Waals surface area contributed by atoms with Gasteiger partial charge in [-0.25, -0.2) is 9.97 Å². The zero-order chi connectivity index (χ0) is 9.68. The van der Waals surface area contributed by atoms with Crippen molar-refractivity contribution in [3.8, 4) is 0 Å². The third-order valence-corrected chi connectivity index (χ3v) is 2.77. The molecule has 1 aromatic heterocycles. The molecule has 0 fully saturated rings. The average Bonchev–Trinajstić information content (AvgIpc) is 2.08. The summed E-state index contributed by atoms with van der Waals surface area (Å²) in [5.41, 5.74) is 6.09. The van der Waals surface area contributed by atoms with E-state index in [4.69, 9.17) is 5.73 Å². The van der Waals surface area contributed by atoms with Crippen LogP contribution in [-0.4, -0.2) is 15.7 Å². The SMILES string of the molecule is CC(C)CSCc1ncc(N)cn1. The fourth-order valence-electron chi connectivity index (χ4n) is 0.825. The van der Waals surface area contributed by atoms with Gasteiger partial charge in [-0.05, 0) is 11.7 Å². The molecule has 0 radical (unpaired) electrons. The van der Waals surface area contributed by atoms with Gasteiger partial charge < -0.3 is 5.73 Å². The third kappa shape index (κ3) is 4.12. The first-order chi connectivity index (χ1) is 6.18. The summed E-state index contributed by atoms with van der Waals surface area (Å²) in [6.07, 6.45) is 3.30. The monoisotopic (exact) mass is 197 g/mol. The number of rotatable bonds is 4. The van der Waals surface area contributed by atoms with Gasteiger partial charge in [0, 0.05) is 0 Å². The molecule has 0 saturated heterocycles. The van der Waals surface area contributed by atoms with Gasteiger partial charge in [0.25, 0.3) is 0 Å². The van der Waals surface area contributed by atoms with Crippen LogP contribution in [0.4, 0.5) is 5.69 Å². The van der Waals surface area contributed by atoms with Crippen molar-refractivity contribution in [3.63, 3.8) is 0 Å². The molecule has 1 heterocycles. The van der Waals surface area contributed by atoms with Crippen molar-refractivity contribution in [2.45, 2.75) is 19.6 Å². The predicted octanol–water partition coefficient (Wildman–Crippen LogP) is 1.95. The van der Waals surface area contributed by atoms with Gasteiger partial charge in [0.2, 0.25) is 0 Å². The summed E-state index contributed by atoms with van der Waals surface area (Å²) in [7, 11) is 0. The molecule has 0 saturated carbocycles. The summed E-state index contributed by atoms with van der Waals surface area (Å²) in [5.74, 6) is 3.60. The molecule has 0 aromatic carbocycles. The van der Waals surface area contributed by atoms with Gasteiger partial charge >= 0.3 is 0 Å². The first-order valence-corrected chi connectivity index (χ1v) is 5.48. The minimum atomic E-state index is 0.623. The zero-order valence-corrected chi connectivity index (χ0v) is 8.84. The molecule has 1 rings (SSSR count). The lowest BCUT2D eigenvalue weighted by atomic mass is 10.3. The molecule has 13 heavy (non-hydrogen) atoms. The average molecular weight is 197 g/mol. The molecule has 72 valence electrons. The summed E-state index contributed by atoms with van der Waals surface area (Å²) in [6, 6.07) is 0. The topological polar surface area (TPSA) is 51.8 Å². The number of nitrogen functional groups attached to an aromatic ring is 1. The van der Waals surface area contributed by atoms with E-state index in [-0.39, 0.29) is 0 Å². The van der Waals surface area contributed by atoms with E-state index >= 15 is 0 Å². The van der Waals surface area contributed by atoms with Crippen LogP contribution in [0.2, 0.25) is 0 Å². The molecule has 0 bridgehead atoms. The van der Waals surface area contributed by atoms with Crippen LogP contribution >= 0.6 is 11.8 Å². The summed E-state index contributed by atoms with van der Waals surface area (Å²) in [4.78, 5) is 8.24. The van der Waals surface area contributed by atoms with Crippen LogP contribution in [0.5, 0.6) is 0 Å². The summed E-state index contributed by atoms with van der Waals surface area (Å²) < 4.78 is 0. The van der Waals surface area contributed by atoms with Crippen molar-refractivity contribution in [1.82, 2.24) is 9.97 Å². The van der Waals surface area contributed by atoms with Gasteiger partial charge in [0.05, 0.1) is 23.8 Å². The van der Waals surface area contributed by atoms with Crippen molar-refractivity contribution in [3.05, 3.63) is 18.2 Å². The lowest BCUT2D eigenvalue weighted by molar-refractivity contribution is 0.749. The zero-order valence-electron chi connectivity index (χ0n) is 8.03. The molecule has 0 aliphatic carbocycles. The number of nitrogens with two attached hydrogens (primary N) is 1. The summed E-state index contributed by atoms with van der Waals surface area (Å²) in [6.45, 7) is 4.41. The van der Waals surface area contributed by atoms with Gasteiger partial charge in [-0.2, -0.15) is 11.8 Å². The lowest BCUT2D eigenvalue weighted by Gasteiger charge is -2.03. The maximum absolute atomic E-state index is 5.47. The number of nitrogens with zero attached hydrogens (tertiary/aromatic N) is 2. The second-order valence-corrected chi connectivity index (χ2v) is 4.37. The smallest absolute Gasteiger partial charge is 0.138 e. The Morgan fingerprint density at radius 1 is 1.38 bits per heavy atom. The highest BCUT2D eigenvalue weighted by molar-refractivity contribution is 7.98. The number of thioether (sulfide) groups is 1. The highest BCUT2D eigenvalue weighted by atomic mass is 32.2. The lowest BCUT2D eigenvalue weighted by Crippen LogP contribution is -1.97. The quantitative estimate of drug-likeness (QED) is 0.801. The van der Waals surface area contributed by atoms with Gasteiger partial charge in [-0.1, -0.05) is 13.8 Å². The second-order valence-electron chi connectivity index (χ2n) is 3.34. The molecule has 2 N–H and O–H groups in total. The molecule has 0 spiro atoms. The fourth-order valence-corrected chi connectivity index (χ4v) is 1.75. The van der Waals surface area contributed by atoms with E-state index in [1.165, 1.54) is 0 Å². The van der Waals surface area contributed by atoms with Gasteiger partial charge in [0.1, 0.15) is 5.82 Å². The minimum absolute atomic E-state index is 0.623. The van der Waals surface area contributed by atoms with Crippen LogP contribution in [0.1, 0.15) is 19.7 Å². The summed E-state index contributed by atoms with van der Waals surface area (Å²) >= 11 is 1.85. The van der Waals surface area contributed by atoms with E-state index in [2.05, 4.69) is 23.8 Å². The number of hydrogen-bond acceptors (Lipinski definition) is 4. The first kappa shape index (κ1) is 10.3. The highest BCUT2D eigenvalue weighted by Gasteiger charge is 1.98. The van der Waals surface area contributed by atoms with Crippen molar-refractivity contribution in [2.24, 2.45) is 5.92 Å². The van der Waals surface area contributed by atoms with Crippen molar-refractivity contribution < 1.29 is 0 Å². The maximum Gasteiger partial charge on any atom is 0.138 e. The van der Waals surface area contributed by atoms with Crippen LogP contribution in [0.15, 0.2) is 12.4 Å². The Balaban J connectivity index is 2.33. The Bertz CT molecular complexity index is 246. The number of hydrogen-bond donors (Lipinski definition) is 1. The van der Waals surface area contributed by atoms with Crippen LogP contribution in [0.3, 0.4) is 0 Å². The van der Waals surface area contributed by atoms with Crippen LogP contribution in [-0.2, 0) is 5.75 Å². The Hall–Kier alpha value is -0.770. The Morgan fingerprint density at radius 2 is 2.00 bits per heavy atom. The molecule has 0 atom stereocenters. The molecule has 3 nitrogen and oxygen atoms in total. The molecule has 0 aliphatic rings. The molecule has 0 unspecified atom stereocenters. The van der Waals surface area contributed by atoms with E-state index in [0.29, 0.717) is 5.69 Å². The second kappa shape index (κ2) is 5.07. The normalized spacial score (nSPS) is 10.7. The van der Waals surface area contributed by atoms with Crippen molar-refractivity contribution in [1.29, 1.82) is 0 Å². The molecule has 4 heteroatoms. The number of anilines is 1. The van der Waals surface area contributed by atoms with Gasteiger partial charge in [0.15, 0.2) is 0 Å². The van der Waals surface area contributed by atoms with E-state index < -0.39 is 0 Å². The van der Waals surface area contributed by atoms with E-state index in [9.17, 15) is 0 Å². The number of aromatic nitrogens is 2. The fraction of sp³-hybridized carbons (Fsp3) is 0.556. The molecule has 0 aliphatic heterocycles. The first-order valence-electron chi connectivity index (χ1n) is 4.32. The van der Waals surface area contributed by atoms with E-state index in [1.807, 2.05) is 11.8 Å². The standard InChI is InChI=1S/C9H15N3S/c1-7(2)5-13-6-9-11-3-8(10)4-12-9/h3-4,7H,5-6,10H2,1-2H3. The molecular weight excluding hydrogens is 182 g/mol. The third-order valence-electron chi connectivity index (χ3n) is 1.41. The minimum Gasteiger partial charge on any atom is -0.396 e. The van der Waals surface area contributed by atoms with E-state index in [1.54, 1.807) is 12.4 Å². The predicted molar refractivity (Wildman–Crippen MR) is 57.4 cm³/mol. The Morgan fingerprint density at radius 3 is 2.54 bits per heavy atom. The Kier molecular flexibility index (Phi) is 4.02. The van der Waals surface area contributed by atoms with Crippen LogP contribution < -0.4 is 5.73 Å². The van der Waals surface area contributed by atoms with Crippen LogP contribution in [0, 0.1) is 5.92 Å². The van der Waals surface area contributed by atoms with Gasteiger partial charge in [-0.3, -0.25) is 0 Å². The Labute approximate surface area is 83.2 Å². The van der Waals surface area contributed by atoms with Gasteiger partial charge in [-0.15, -0.1) is 0 Å². The van der Waals surface area contributed by atoms with Crippen LogP contribution in [0.25, 0.3) is 0 Å². The van der Waals surface area contributed by atoms with Crippen molar-refractivity contribution >= 4 is 17.4 Å². The van der Waals surface area contributed by atoms with Crippen molar-refractivity contribution in [2.75, 3.05) is 11.5 Å².